The zero-order chi connectivity index (χ0) is 19.9. The topological polar surface area (TPSA) is 93.4 Å². The Morgan fingerprint density at radius 2 is 1.79 bits per heavy atom. The molecule has 0 radical (unpaired) electrons. The van der Waals surface area contributed by atoms with Crippen molar-refractivity contribution in [3.63, 3.8) is 0 Å². The van der Waals surface area contributed by atoms with E-state index in [1.165, 1.54) is 4.90 Å². The smallest absolute Gasteiger partial charge is 0.264 e. The summed E-state index contributed by atoms with van der Waals surface area (Å²) < 4.78 is 0. The van der Waals surface area contributed by atoms with Gasteiger partial charge in [-0.05, 0) is 24.1 Å². The first kappa shape index (κ1) is 19.7. The van der Waals surface area contributed by atoms with E-state index in [0.29, 0.717) is 10.7 Å². The first-order valence-corrected chi connectivity index (χ1v) is 9.66. The van der Waals surface area contributed by atoms with Gasteiger partial charge in [0.2, 0.25) is 5.91 Å². The number of thioether (sulfide) groups is 1. The van der Waals surface area contributed by atoms with Gasteiger partial charge in [0, 0.05) is 18.8 Å². The Labute approximate surface area is 167 Å². The molecule has 2 amide bonds. The third kappa shape index (κ3) is 4.25. The van der Waals surface area contributed by atoms with Crippen LogP contribution in [0.4, 0.5) is 5.69 Å². The minimum absolute atomic E-state index is 0.112. The minimum atomic E-state index is -0.537. The van der Waals surface area contributed by atoms with Gasteiger partial charge in [0.05, 0.1) is 5.25 Å². The second-order valence-corrected chi connectivity index (χ2v) is 7.28. The quantitative estimate of drug-likeness (QED) is 0.581. The predicted molar refractivity (Wildman–Crippen MR) is 108 cm³/mol. The van der Waals surface area contributed by atoms with E-state index in [9.17, 15) is 20.0 Å². The summed E-state index contributed by atoms with van der Waals surface area (Å²) in [7, 11) is 0. The highest BCUT2D eigenvalue weighted by Crippen LogP contribution is 2.41. The van der Waals surface area contributed by atoms with E-state index in [1.54, 1.807) is 24.3 Å². The molecule has 28 heavy (non-hydrogen) atoms. The molecule has 0 spiro atoms. The monoisotopic (exact) mass is 393 g/mol. The molecule has 2 aromatic carbocycles. The molecule has 1 saturated heterocycles. The highest BCUT2D eigenvalue weighted by molar-refractivity contribution is 8.05. The lowest BCUT2D eigenvalue weighted by molar-refractivity contribution is -0.117. The Morgan fingerprint density at radius 3 is 2.39 bits per heavy atom. The molecule has 0 bridgehead atoms. The average Bonchev–Trinajstić information content (AvgIpc) is 3.04. The van der Waals surface area contributed by atoms with Gasteiger partial charge in [-0.25, -0.2) is 0 Å². The van der Waals surface area contributed by atoms with Crippen LogP contribution in [0.3, 0.4) is 0 Å². The molecular weight excluding hydrogens is 374 g/mol. The van der Waals surface area contributed by atoms with Gasteiger partial charge in [-0.3, -0.25) is 14.5 Å². The number of carbonyl (C=O) groups is 2. The number of aliphatic hydroxyl groups is 1. The van der Waals surface area contributed by atoms with E-state index in [0.717, 1.165) is 17.3 Å². The molecule has 6 nitrogen and oxygen atoms in total. The Balaban J connectivity index is 1.92. The van der Waals surface area contributed by atoms with E-state index in [1.807, 2.05) is 42.5 Å². The molecule has 1 unspecified atom stereocenters. The molecule has 0 aliphatic carbocycles. The highest BCUT2D eigenvalue weighted by atomic mass is 32.2. The first-order chi connectivity index (χ1) is 13.7. The van der Waals surface area contributed by atoms with Gasteiger partial charge in [0.15, 0.2) is 0 Å². The lowest BCUT2D eigenvalue weighted by Crippen LogP contribution is -2.31. The van der Waals surface area contributed by atoms with Gasteiger partial charge < -0.3 is 10.4 Å². The Hall–Kier alpha value is -3.08. The molecule has 1 atom stereocenters. The lowest BCUT2D eigenvalue weighted by Gasteiger charge is -2.18. The van der Waals surface area contributed by atoms with Crippen molar-refractivity contribution in [1.82, 2.24) is 5.32 Å². The van der Waals surface area contributed by atoms with Crippen LogP contribution in [0.15, 0.2) is 71.3 Å². The molecule has 0 aromatic heterocycles. The summed E-state index contributed by atoms with van der Waals surface area (Å²) in [5.74, 6) is -0.781. The molecule has 1 aliphatic heterocycles. The summed E-state index contributed by atoms with van der Waals surface area (Å²) in [6, 6.07) is 20.2. The van der Waals surface area contributed by atoms with Gasteiger partial charge in [0.25, 0.3) is 5.91 Å². The van der Waals surface area contributed by atoms with E-state index < -0.39 is 11.2 Å². The Kier molecular flexibility index (Phi) is 6.48. The second-order valence-electron chi connectivity index (χ2n) is 6.09. The number of carbonyl (C=O) groups excluding carboxylic acids is 2. The molecule has 142 valence electrons. The van der Waals surface area contributed by atoms with Crippen LogP contribution in [-0.2, 0) is 16.1 Å². The first-order valence-electron chi connectivity index (χ1n) is 8.78. The normalized spacial score (nSPS) is 17.9. The zero-order valence-corrected chi connectivity index (χ0v) is 15.9. The number of para-hydroxylation sites is 1. The number of amides is 2. The maximum Gasteiger partial charge on any atom is 0.264 e. The summed E-state index contributed by atoms with van der Waals surface area (Å²) in [6.07, 6.45) is 0.251. The second kappa shape index (κ2) is 9.22. The number of nitrogens with zero attached hydrogens (tertiary/aromatic N) is 2. The van der Waals surface area contributed by atoms with Crippen molar-refractivity contribution < 1.29 is 14.7 Å². The van der Waals surface area contributed by atoms with Crippen molar-refractivity contribution in [1.29, 1.82) is 5.26 Å². The third-order valence-corrected chi connectivity index (χ3v) is 5.54. The van der Waals surface area contributed by atoms with Crippen LogP contribution in [0.25, 0.3) is 0 Å². The van der Waals surface area contributed by atoms with E-state index in [-0.39, 0.29) is 31.1 Å². The van der Waals surface area contributed by atoms with Crippen molar-refractivity contribution in [3.05, 3.63) is 76.8 Å². The Morgan fingerprint density at radius 1 is 1.14 bits per heavy atom. The molecule has 1 heterocycles. The van der Waals surface area contributed by atoms with Crippen LogP contribution >= 0.6 is 11.8 Å². The molecule has 3 rings (SSSR count). The highest BCUT2D eigenvalue weighted by Gasteiger charge is 2.40. The van der Waals surface area contributed by atoms with Crippen molar-refractivity contribution in [2.75, 3.05) is 11.5 Å². The van der Waals surface area contributed by atoms with E-state index >= 15 is 0 Å². The maximum atomic E-state index is 12.8. The van der Waals surface area contributed by atoms with Crippen molar-refractivity contribution in [2.45, 2.75) is 18.2 Å². The molecular formula is C21H19N3O3S. The summed E-state index contributed by atoms with van der Waals surface area (Å²) >= 11 is 1.14. The number of benzene rings is 2. The minimum Gasteiger partial charge on any atom is -0.396 e. The summed E-state index contributed by atoms with van der Waals surface area (Å²) in [5, 5.41) is 21.4. The zero-order valence-electron chi connectivity index (χ0n) is 15.0. The van der Waals surface area contributed by atoms with Crippen LogP contribution in [0.1, 0.15) is 12.0 Å². The van der Waals surface area contributed by atoms with Crippen molar-refractivity contribution >= 4 is 29.3 Å². The number of aliphatic hydroxyl groups excluding tert-OH is 1. The number of anilines is 1. The number of nitrogens with one attached hydrogen (secondary N) is 1. The molecule has 7 heteroatoms. The van der Waals surface area contributed by atoms with Gasteiger partial charge in [-0.2, -0.15) is 5.26 Å². The van der Waals surface area contributed by atoms with Crippen molar-refractivity contribution in [2.24, 2.45) is 0 Å². The molecule has 1 fully saturated rings. The van der Waals surface area contributed by atoms with Crippen LogP contribution < -0.4 is 10.2 Å². The van der Waals surface area contributed by atoms with Crippen LogP contribution in [-0.4, -0.2) is 28.8 Å². The predicted octanol–water partition coefficient (Wildman–Crippen LogP) is 2.57. The summed E-state index contributed by atoms with van der Waals surface area (Å²) in [4.78, 5) is 26.9. The fraction of sp³-hybridized carbons (Fsp3) is 0.190. The number of rotatable bonds is 6. The molecule has 0 saturated carbocycles. The van der Waals surface area contributed by atoms with Gasteiger partial charge in [0.1, 0.15) is 16.7 Å². The standard InChI is InChI=1S/C21H19N3O3S/c22-13-17(19(26)23-14-15-7-3-1-4-8-15)21-24(16-9-5-2-6-10-16)20(27)18(28-21)11-12-25/h1-10,18,25H,11-12,14H2,(H,23,26)/b21-17-. The molecule has 1 aliphatic rings. The van der Waals surface area contributed by atoms with Gasteiger partial charge in [-0.15, -0.1) is 0 Å². The van der Waals surface area contributed by atoms with Gasteiger partial charge >= 0.3 is 0 Å². The summed E-state index contributed by atoms with van der Waals surface area (Å²) in [6.45, 7) is 0.129. The summed E-state index contributed by atoms with van der Waals surface area (Å²) in [5.41, 5.74) is 1.38. The average molecular weight is 393 g/mol. The largest absolute Gasteiger partial charge is 0.396 e. The van der Waals surface area contributed by atoms with E-state index in [4.69, 9.17) is 0 Å². The molecule has 2 N–H and O–H groups in total. The number of hydrogen-bond donors (Lipinski definition) is 2. The van der Waals surface area contributed by atoms with Crippen LogP contribution in [0, 0.1) is 11.3 Å². The third-order valence-electron chi connectivity index (χ3n) is 4.21. The Bertz CT molecular complexity index is 923. The lowest BCUT2D eigenvalue weighted by atomic mass is 10.2. The SMILES string of the molecule is N#C/C(C(=O)NCc1ccccc1)=C1/SC(CCO)C(=O)N1c1ccccc1. The fourth-order valence-corrected chi connectivity index (χ4v) is 4.09. The fourth-order valence-electron chi connectivity index (χ4n) is 2.84. The number of nitriles is 1. The molecule has 2 aromatic rings. The van der Waals surface area contributed by atoms with Crippen molar-refractivity contribution in [3.8, 4) is 6.07 Å². The number of hydrogen-bond acceptors (Lipinski definition) is 5. The van der Waals surface area contributed by atoms with Crippen LogP contribution in [0.2, 0.25) is 0 Å². The van der Waals surface area contributed by atoms with Crippen LogP contribution in [0.5, 0.6) is 0 Å². The van der Waals surface area contributed by atoms with E-state index in [2.05, 4.69) is 5.32 Å². The van der Waals surface area contributed by atoms with Gasteiger partial charge in [-0.1, -0.05) is 60.3 Å². The maximum absolute atomic E-state index is 12.8.